The maximum Gasteiger partial charge on any atom is 0.227 e. The quantitative estimate of drug-likeness (QED) is 0.913. The van der Waals surface area contributed by atoms with Crippen LogP contribution in [-0.2, 0) is 18.4 Å². The molecule has 5 nitrogen and oxygen atoms in total. The maximum atomic E-state index is 12.2. The van der Waals surface area contributed by atoms with E-state index in [2.05, 4.69) is 10.4 Å². The number of aromatic nitrogens is 2. The van der Waals surface area contributed by atoms with Gasteiger partial charge in [-0.15, -0.1) is 24.8 Å². The average molecular weight is 309 g/mol. The van der Waals surface area contributed by atoms with Gasteiger partial charge in [0.1, 0.15) is 0 Å². The van der Waals surface area contributed by atoms with E-state index in [4.69, 9.17) is 0 Å². The fourth-order valence-corrected chi connectivity index (χ4v) is 2.28. The highest BCUT2D eigenvalue weighted by atomic mass is 35.5. The normalized spacial score (nSPS) is 18.1. The van der Waals surface area contributed by atoms with Crippen LogP contribution in [0.3, 0.4) is 0 Å². The smallest absolute Gasteiger partial charge is 0.227 e. The lowest BCUT2D eigenvalue weighted by molar-refractivity contribution is -0.135. The SMILES string of the molecule is CN(Cc1cnn(C)c1)C(=O)[C@@H]1CCCNC1.Cl.Cl. The number of carbonyl (C=O) groups excluding carboxylic acids is 1. The first-order valence-electron chi connectivity index (χ1n) is 6.10. The van der Waals surface area contributed by atoms with Gasteiger partial charge in [-0.2, -0.15) is 5.10 Å². The number of amides is 1. The molecule has 1 fully saturated rings. The third kappa shape index (κ3) is 5.01. The molecule has 0 bridgehead atoms. The highest BCUT2D eigenvalue weighted by Gasteiger charge is 2.23. The molecule has 1 atom stereocenters. The third-order valence-corrected chi connectivity index (χ3v) is 3.20. The molecule has 110 valence electrons. The molecule has 1 amide bonds. The van der Waals surface area contributed by atoms with Gasteiger partial charge < -0.3 is 10.2 Å². The Balaban J connectivity index is 0.00000162. The zero-order valence-electron chi connectivity index (χ0n) is 11.3. The summed E-state index contributed by atoms with van der Waals surface area (Å²) in [6, 6.07) is 0. The summed E-state index contributed by atoms with van der Waals surface area (Å²) in [7, 11) is 3.75. The zero-order chi connectivity index (χ0) is 12.3. The summed E-state index contributed by atoms with van der Waals surface area (Å²) in [5.74, 6) is 0.381. The summed E-state index contributed by atoms with van der Waals surface area (Å²) >= 11 is 0. The Hall–Kier alpha value is -0.780. The van der Waals surface area contributed by atoms with Gasteiger partial charge in [0.15, 0.2) is 0 Å². The number of aryl methyl sites for hydroxylation is 1. The number of hydrogen-bond donors (Lipinski definition) is 1. The van der Waals surface area contributed by atoms with Crippen molar-refractivity contribution in [3.05, 3.63) is 18.0 Å². The van der Waals surface area contributed by atoms with Crippen LogP contribution in [0.25, 0.3) is 0 Å². The van der Waals surface area contributed by atoms with Crippen LogP contribution in [0.1, 0.15) is 18.4 Å². The molecule has 7 heteroatoms. The van der Waals surface area contributed by atoms with Gasteiger partial charge in [0.05, 0.1) is 12.1 Å². The van der Waals surface area contributed by atoms with Gasteiger partial charge in [-0.25, -0.2) is 0 Å². The Morgan fingerprint density at radius 3 is 2.84 bits per heavy atom. The lowest BCUT2D eigenvalue weighted by Crippen LogP contribution is -2.41. The summed E-state index contributed by atoms with van der Waals surface area (Å²) in [6.07, 6.45) is 5.85. The summed E-state index contributed by atoms with van der Waals surface area (Å²) < 4.78 is 1.76. The zero-order valence-corrected chi connectivity index (χ0v) is 13.0. The van der Waals surface area contributed by atoms with Crippen molar-refractivity contribution >= 4 is 30.7 Å². The van der Waals surface area contributed by atoms with Crippen LogP contribution in [0.4, 0.5) is 0 Å². The van der Waals surface area contributed by atoms with E-state index in [1.807, 2.05) is 26.5 Å². The molecule has 19 heavy (non-hydrogen) atoms. The molecule has 1 saturated heterocycles. The number of rotatable bonds is 3. The first kappa shape index (κ1) is 18.2. The molecule has 1 aromatic heterocycles. The van der Waals surface area contributed by atoms with Crippen molar-refractivity contribution < 1.29 is 4.79 Å². The molecule has 0 spiro atoms. The lowest BCUT2D eigenvalue weighted by atomic mass is 9.98. The van der Waals surface area contributed by atoms with Crippen molar-refractivity contribution in [1.82, 2.24) is 20.0 Å². The Labute approximate surface area is 126 Å². The van der Waals surface area contributed by atoms with Crippen molar-refractivity contribution in [3.63, 3.8) is 0 Å². The number of halogens is 2. The molecule has 0 saturated carbocycles. The van der Waals surface area contributed by atoms with Crippen LogP contribution in [-0.4, -0.2) is 40.7 Å². The first-order chi connectivity index (χ1) is 8.16. The predicted molar refractivity (Wildman–Crippen MR) is 79.8 cm³/mol. The topological polar surface area (TPSA) is 50.2 Å². The molecule has 1 N–H and O–H groups in total. The van der Waals surface area contributed by atoms with Crippen LogP contribution in [0.15, 0.2) is 12.4 Å². The van der Waals surface area contributed by atoms with Crippen molar-refractivity contribution in [2.24, 2.45) is 13.0 Å². The molecule has 2 heterocycles. The van der Waals surface area contributed by atoms with Crippen LogP contribution in [0.2, 0.25) is 0 Å². The molecule has 0 aromatic carbocycles. The second-order valence-corrected chi connectivity index (χ2v) is 4.76. The predicted octanol–water partition coefficient (Wildman–Crippen LogP) is 1.22. The Bertz CT molecular complexity index is 391. The van der Waals surface area contributed by atoms with Crippen molar-refractivity contribution in [1.29, 1.82) is 0 Å². The van der Waals surface area contributed by atoms with Crippen molar-refractivity contribution in [3.8, 4) is 0 Å². The number of nitrogens with zero attached hydrogens (tertiary/aromatic N) is 3. The number of piperidine rings is 1. The van der Waals surface area contributed by atoms with E-state index >= 15 is 0 Å². The monoisotopic (exact) mass is 308 g/mol. The Morgan fingerprint density at radius 1 is 1.58 bits per heavy atom. The average Bonchev–Trinajstić information content (AvgIpc) is 2.75. The fourth-order valence-electron chi connectivity index (χ4n) is 2.28. The summed E-state index contributed by atoms with van der Waals surface area (Å²) in [4.78, 5) is 14.0. The molecule has 0 unspecified atom stereocenters. The van der Waals surface area contributed by atoms with Gasteiger partial charge in [-0.1, -0.05) is 0 Å². The summed E-state index contributed by atoms with van der Waals surface area (Å²) in [6.45, 7) is 2.50. The van der Waals surface area contributed by atoms with E-state index in [9.17, 15) is 4.79 Å². The molecular formula is C12H22Cl2N4O. The Morgan fingerprint density at radius 2 is 2.32 bits per heavy atom. The first-order valence-corrected chi connectivity index (χ1v) is 6.10. The van der Waals surface area contributed by atoms with Crippen molar-refractivity contribution in [2.45, 2.75) is 19.4 Å². The van der Waals surface area contributed by atoms with Crippen LogP contribution < -0.4 is 5.32 Å². The largest absolute Gasteiger partial charge is 0.341 e. The minimum Gasteiger partial charge on any atom is -0.341 e. The highest BCUT2D eigenvalue weighted by Crippen LogP contribution is 2.14. The van der Waals surface area contributed by atoms with Gasteiger partial charge >= 0.3 is 0 Å². The number of hydrogen-bond acceptors (Lipinski definition) is 3. The minimum atomic E-state index is 0. The van der Waals surface area contributed by atoms with E-state index in [0.29, 0.717) is 6.54 Å². The van der Waals surface area contributed by atoms with Gasteiger partial charge in [-0.05, 0) is 19.4 Å². The highest BCUT2D eigenvalue weighted by molar-refractivity contribution is 5.85. The maximum absolute atomic E-state index is 12.2. The van der Waals surface area contributed by atoms with Crippen LogP contribution in [0.5, 0.6) is 0 Å². The lowest BCUT2D eigenvalue weighted by Gasteiger charge is -2.26. The van der Waals surface area contributed by atoms with Crippen LogP contribution >= 0.6 is 24.8 Å². The van der Waals surface area contributed by atoms with Gasteiger partial charge in [0, 0.05) is 38.9 Å². The number of carbonyl (C=O) groups is 1. The number of nitrogens with one attached hydrogen (secondary N) is 1. The summed E-state index contributed by atoms with van der Waals surface area (Å²) in [5, 5.41) is 7.38. The van der Waals surface area contributed by atoms with E-state index in [1.54, 1.807) is 9.58 Å². The molecule has 1 aliphatic heterocycles. The van der Waals surface area contributed by atoms with E-state index in [-0.39, 0.29) is 36.6 Å². The summed E-state index contributed by atoms with van der Waals surface area (Å²) in [5.41, 5.74) is 1.08. The molecule has 1 aromatic rings. The van der Waals surface area contributed by atoms with E-state index in [0.717, 1.165) is 31.5 Å². The van der Waals surface area contributed by atoms with Gasteiger partial charge in [-0.3, -0.25) is 9.48 Å². The Kier molecular flexibility index (Phi) is 8.06. The third-order valence-electron chi connectivity index (χ3n) is 3.20. The van der Waals surface area contributed by atoms with Crippen LogP contribution in [0, 0.1) is 5.92 Å². The molecular weight excluding hydrogens is 287 g/mol. The standard InChI is InChI=1S/C12H20N4O.2ClH/c1-15(8-10-6-14-16(2)9-10)12(17)11-4-3-5-13-7-11;;/h6,9,11,13H,3-5,7-8H2,1-2H3;2*1H/t11-;;/m1../s1. The second kappa shape index (κ2) is 8.40. The molecule has 2 rings (SSSR count). The van der Waals surface area contributed by atoms with Gasteiger partial charge in [0.2, 0.25) is 5.91 Å². The van der Waals surface area contributed by atoms with Gasteiger partial charge in [0.25, 0.3) is 0 Å². The second-order valence-electron chi connectivity index (χ2n) is 4.76. The van der Waals surface area contributed by atoms with E-state index < -0.39 is 0 Å². The van der Waals surface area contributed by atoms with Crippen molar-refractivity contribution in [2.75, 3.05) is 20.1 Å². The molecule has 0 aliphatic carbocycles. The molecule has 1 aliphatic rings. The molecule has 0 radical (unpaired) electrons. The van der Waals surface area contributed by atoms with E-state index in [1.165, 1.54) is 0 Å². The fraction of sp³-hybridized carbons (Fsp3) is 0.667. The minimum absolute atomic E-state index is 0.